The molecular formula is C21H21NO4. The van der Waals surface area contributed by atoms with Crippen molar-refractivity contribution >= 4 is 17.8 Å². The lowest BCUT2D eigenvalue weighted by molar-refractivity contribution is -0.143. The van der Waals surface area contributed by atoms with E-state index in [0.29, 0.717) is 24.2 Å². The molecule has 1 heterocycles. The second-order valence-electron chi connectivity index (χ2n) is 6.22. The summed E-state index contributed by atoms with van der Waals surface area (Å²) >= 11 is 0. The van der Waals surface area contributed by atoms with E-state index in [0.717, 1.165) is 12.8 Å². The van der Waals surface area contributed by atoms with Crippen molar-refractivity contribution in [1.29, 1.82) is 0 Å². The van der Waals surface area contributed by atoms with E-state index in [9.17, 15) is 14.4 Å². The first-order valence-electron chi connectivity index (χ1n) is 8.81. The molecule has 0 bridgehead atoms. The summed E-state index contributed by atoms with van der Waals surface area (Å²) in [5, 5.41) is 0. The first-order valence-corrected chi connectivity index (χ1v) is 8.81. The van der Waals surface area contributed by atoms with Crippen LogP contribution in [0.4, 0.5) is 0 Å². The van der Waals surface area contributed by atoms with E-state index in [-0.39, 0.29) is 30.7 Å². The Balaban J connectivity index is 1.35. The third-order valence-electron chi connectivity index (χ3n) is 4.36. The number of fused-ring (bicyclic) bond motifs is 1. The van der Waals surface area contributed by atoms with Crippen molar-refractivity contribution in [3.05, 3.63) is 71.3 Å². The molecule has 26 heavy (non-hydrogen) atoms. The van der Waals surface area contributed by atoms with Gasteiger partial charge >= 0.3 is 5.97 Å². The maximum absolute atomic E-state index is 12.2. The Morgan fingerprint density at radius 2 is 1.46 bits per heavy atom. The second-order valence-corrected chi connectivity index (χ2v) is 6.22. The fraction of sp³-hybridized carbons (Fsp3) is 0.286. The minimum absolute atomic E-state index is 0.193. The Labute approximate surface area is 152 Å². The summed E-state index contributed by atoms with van der Waals surface area (Å²) < 4.78 is 5.22. The molecule has 0 spiro atoms. The molecule has 0 aliphatic carbocycles. The number of aryl methyl sites for hydroxylation is 1. The molecule has 0 atom stereocenters. The van der Waals surface area contributed by atoms with Crippen molar-refractivity contribution in [2.45, 2.75) is 25.7 Å². The highest BCUT2D eigenvalue weighted by Gasteiger charge is 2.34. The summed E-state index contributed by atoms with van der Waals surface area (Å²) in [6.45, 7) is 0.603. The lowest BCUT2D eigenvalue weighted by Crippen LogP contribution is -2.31. The van der Waals surface area contributed by atoms with Gasteiger partial charge in [0.15, 0.2) is 0 Å². The van der Waals surface area contributed by atoms with E-state index < -0.39 is 0 Å². The molecule has 2 aromatic rings. The molecule has 0 saturated carbocycles. The smallest absolute Gasteiger partial charge is 0.305 e. The number of carbonyl (C=O) groups is 3. The number of hydrogen-bond donors (Lipinski definition) is 0. The number of hydrogen-bond acceptors (Lipinski definition) is 4. The Kier molecular flexibility index (Phi) is 5.79. The van der Waals surface area contributed by atoms with E-state index >= 15 is 0 Å². The number of imide groups is 1. The molecule has 2 aromatic carbocycles. The third kappa shape index (κ3) is 4.17. The molecule has 3 rings (SSSR count). The van der Waals surface area contributed by atoms with E-state index in [1.165, 1.54) is 10.5 Å². The van der Waals surface area contributed by atoms with Gasteiger partial charge in [-0.15, -0.1) is 0 Å². The summed E-state index contributed by atoms with van der Waals surface area (Å²) in [6.07, 6.45) is 2.24. The molecule has 0 unspecified atom stereocenters. The largest absolute Gasteiger partial charge is 0.466 e. The summed E-state index contributed by atoms with van der Waals surface area (Å²) in [5.41, 5.74) is 2.08. The molecule has 0 N–H and O–H groups in total. The number of rotatable bonds is 8. The van der Waals surface area contributed by atoms with Crippen molar-refractivity contribution < 1.29 is 19.1 Å². The maximum Gasteiger partial charge on any atom is 0.305 e. The SMILES string of the molecule is O=C(CCCN1C(=O)c2ccccc2C1=O)OCCCc1ccccc1. The van der Waals surface area contributed by atoms with Crippen LogP contribution in [0.2, 0.25) is 0 Å². The number of esters is 1. The summed E-state index contributed by atoms with van der Waals surface area (Å²) in [4.78, 5) is 37.4. The van der Waals surface area contributed by atoms with Gasteiger partial charge in [0.05, 0.1) is 17.7 Å². The number of carbonyl (C=O) groups excluding carboxylic acids is 3. The molecule has 0 saturated heterocycles. The molecule has 5 heteroatoms. The Morgan fingerprint density at radius 1 is 0.846 bits per heavy atom. The Hall–Kier alpha value is -2.95. The summed E-state index contributed by atoms with van der Waals surface area (Å²) in [5.74, 6) is -0.877. The van der Waals surface area contributed by atoms with Crippen LogP contribution in [0, 0.1) is 0 Å². The minimum Gasteiger partial charge on any atom is -0.466 e. The topological polar surface area (TPSA) is 63.7 Å². The number of ether oxygens (including phenoxy) is 1. The van der Waals surface area contributed by atoms with Crippen LogP contribution >= 0.6 is 0 Å². The highest BCUT2D eigenvalue weighted by molar-refractivity contribution is 6.21. The van der Waals surface area contributed by atoms with Crippen molar-refractivity contribution in [1.82, 2.24) is 4.90 Å². The molecule has 134 valence electrons. The fourth-order valence-corrected chi connectivity index (χ4v) is 3.00. The van der Waals surface area contributed by atoms with Crippen LogP contribution in [0.1, 0.15) is 45.5 Å². The van der Waals surface area contributed by atoms with Crippen molar-refractivity contribution in [3.8, 4) is 0 Å². The standard InChI is InChI=1S/C21H21NO4/c23-19(26-15-7-10-16-8-2-1-3-9-16)13-6-14-22-20(24)17-11-4-5-12-18(17)21(22)25/h1-5,8-9,11-12H,6-7,10,13-15H2. The molecule has 1 aliphatic heterocycles. The van der Waals surface area contributed by atoms with Gasteiger partial charge in [-0.3, -0.25) is 19.3 Å². The van der Waals surface area contributed by atoms with Crippen LogP contribution < -0.4 is 0 Å². The van der Waals surface area contributed by atoms with Crippen LogP contribution in [-0.2, 0) is 16.0 Å². The zero-order chi connectivity index (χ0) is 18.4. The maximum atomic E-state index is 12.2. The van der Waals surface area contributed by atoms with Crippen molar-refractivity contribution in [3.63, 3.8) is 0 Å². The lowest BCUT2D eigenvalue weighted by atomic mass is 10.1. The first-order chi connectivity index (χ1) is 12.7. The summed E-state index contributed by atoms with van der Waals surface area (Å²) in [7, 11) is 0. The summed E-state index contributed by atoms with van der Waals surface area (Å²) in [6, 6.07) is 16.8. The fourth-order valence-electron chi connectivity index (χ4n) is 3.00. The van der Waals surface area contributed by atoms with Gasteiger partial charge in [-0.05, 0) is 37.0 Å². The van der Waals surface area contributed by atoms with Crippen LogP contribution in [0.5, 0.6) is 0 Å². The van der Waals surface area contributed by atoms with Crippen molar-refractivity contribution in [2.24, 2.45) is 0 Å². The normalized spacial score (nSPS) is 13.0. The number of benzene rings is 2. The lowest BCUT2D eigenvalue weighted by Gasteiger charge is -2.13. The second kappa shape index (κ2) is 8.43. The van der Waals surface area contributed by atoms with Crippen LogP contribution in [0.3, 0.4) is 0 Å². The molecular weight excluding hydrogens is 330 g/mol. The average Bonchev–Trinajstić information content (AvgIpc) is 2.91. The van der Waals surface area contributed by atoms with Crippen LogP contribution in [0.15, 0.2) is 54.6 Å². The molecule has 2 amide bonds. The van der Waals surface area contributed by atoms with Gasteiger partial charge in [-0.1, -0.05) is 42.5 Å². The number of nitrogens with zero attached hydrogens (tertiary/aromatic N) is 1. The zero-order valence-corrected chi connectivity index (χ0v) is 14.5. The van der Waals surface area contributed by atoms with E-state index in [1.807, 2.05) is 30.3 Å². The highest BCUT2D eigenvalue weighted by atomic mass is 16.5. The van der Waals surface area contributed by atoms with Gasteiger partial charge in [0.1, 0.15) is 0 Å². The predicted molar refractivity (Wildman–Crippen MR) is 96.8 cm³/mol. The van der Waals surface area contributed by atoms with Gasteiger partial charge in [-0.25, -0.2) is 0 Å². The monoisotopic (exact) mass is 351 g/mol. The molecule has 0 fully saturated rings. The van der Waals surface area contributed by atoms with Crippen LogP contribution in [0.25, 0.3) is 0 Å². The van der Waals surface area contributed by atoms with Gasteiger partial charge in [0.25, 0.3) is 11.8 Å². The predicted octanol–water partition coefficient (Wildman–Crippen LogP) is 3.24. The number of amides is 2. The highest BCUT2D eigenvalue weighted by Crippen LogP contribution is 2.22. The molecule has 0 aromatic heterocycles. The van der Waals surface area contributed by atoms with E-state index in [4.69, 9.17) is 4.74 Å². The Morgan fingerprint density at radius 3 is 2.12 bits per heavy atom. The Bertz CT molecular complexity index is 766. The van der Waals surface area contributed by atoms with E-state index in [1.54, 1.807) is 24.3 Å². The first kappa shape index (κ1) is 17.9. The molecule has 0 radical (unpaired) electrons. The molecule has 5 nitrogen and oxygen atoms in total. The van der Waals surface area contributed by atoms with Gasteiger partial charge in [0, 0.05) is 13.0 Å². The third-order valence-corrected chi connectivity index (χ3v) is 4.36. The quantitative estimate of drug-likeness (QED) is 0.416. The van der Waals surface area contributed by atoms with Gasteiger partial charge in [-0.2, -0.15) is 0 Å². The van der Waals surface area contributed by atoms with Gasteiger partial charge in [0.2, 0.25) is 0 Å². The zero-order valence-electron chi connectivity index (χ0n) is 14.5. The minimum atomic E-state index is -0.297. The average molecular weight is 351 g/mol. The van der Waals surface area contributed by atoms with Crippen molar-refractivity contribution in [2.75, 3.05) is 13.2 Å². The molecule has 1 aliphatic rings. The van der Waals surface area contributed by atoms with Crippen LogP contribution in [-0.4, -0.2) is 35.8 Å². The van der Waals surface area contributed by atoms with Gasteiger partial charge < -0.3 is 4.74 Å². The van der Waals surface area contributed by atoms with E-state index in [2.05, 4.69) is 0 Å².